The van der Waals surface area contributed by atoms with Crippen molar-refractivity contribution in [3.05, 3.63) is 59.7 Å². The quantitative estimate of drug-likeness (QED) is 0.419. The molecule has 0 aliphatic heterocycles. The number of H-pyrrole nitrogens is 1. The van der Waals surface area contributed by atoms with E-state index in [1.807, 2.05) is 29.6 Å². The molecular weight excluding hydrogens is 416 g/mol. The molecule has 1 unspecified atom stereocenters. The number of anilines is 1. The molecule has 1 atom stereocenters. The minimum absolute atomic E-state index is 0.334. The number of fused-ring (bicyclic) bond motifs is 1. The highest BCUT2D eigenvalue weighted by molar-refractivity contribution is 7.14. The maximum Gasteiger partial charge on any atom is 0.338 e. The smallest absolute Gasteiger partial charge is 0.338 e. The van der Waals surface area contributed by atoms with Crippen molar-refractivity contribution >= 4 is 39.4 Å². The number of aromatic nitrogens is 3. The number of carbonyl (C=O) groups excluding carboxylic acids is 2. The van der Waals surface area contributed by atoms with Crippen LogP contribution in [-0.2, 0) is 9.53 Å². The molecule has 158 valence electrons. The van der Waals surface area contributed by atoms with E-state index in [2.05, 4.69) is 20.3 Å². The molecule has 31 heavy (non-hydrogen) atoms. The highest BCUT2D eigenvalue weighted by atomic mass is 32.1. The Kier molecular flexibility index (Phi) is 5.94. The third-order valence-electron chi connectivity index (χ3n) is 4.69. The molecule has 0 aliphatic rings. The van der Waals surface area contributed by atoms with E-state index in [4.69, 9.17) is 9.47 Å². The van der Waals surface area contributed by atoms with E-state index in [0.717, 1.165) is 28.0 Å². The van der Waals surface area contributed by atoms with Gasteiger partial charge >= 0.3 is 5.97 Å². The molecule has 8 nitrogen and oxygen atoms in total. The fourth-order valence-electron chi connectivity index (χ4n) is 2.99. The van der Waals surface area contributed by atoms with Gasteiger partial charge in [-0.3, -0.25) is 10.1 Å². The molecule has 0 aliphatic carbocycles. The molecule has 9 heteroatoms. The van der Waals surface area contributed by atoms with E-state index in [9.17, 15) is 9.59 Å². The molecule has 2 aromatic heterocycles. The van der Waals surface area contributed by atoms with Crippen LogP contribution >= 0.6 is 11.3 Å². The highest BCUT2D eigenvalue weighted by Gasteiger charge is 2.23. The number of aromatic amines is 1. The lowest BCUT2D eigenvalue weighted by atomic mass is 10.2. The number of nitrogens with one attached hydrogen (secondary N) is 2. The minimum atomic E-state index is -0.932. The van der Waals surface area contributed by atoms with Crippen LogP contribution in [0.3, 0.4) is 0 Å². The zero-order chi connectivity index (χ0) is 21.8. The second-order valence-electron chi connectivity index (χ2n) is 6.69. The number of ether oxygens (including phenoxy) is 2. The normalized spacial score (nSPS) is 11.8. The first kappa shape index (κ1) is 20.5. The second kappa shape index (κ2) is 8.97. The lowest BCUT2D eigenvalue weighted by Gasteiger charge is -2.15. The summed E-state index contributed by atoms with van der Waals surface area (Å²) in [6.45, 7) is 1.78. The van der Waals surface area contributed by atoms with E-state index >= 15 is 0 Å². The number of benzene rings is 2. The fraction of sp³-hybridized carbons (Fsp3) is 0.182. The number of thiazole rings is 1. The molecule has 0 saturated heterocycles. The van der Waals surface area contributed by atoms with Gasteiger partial charge in [-0.2, -0.15) is 0 Å². The summed E-state index contributed by atoms with van der Waals surface area (Å²) >= 11 is 1.30. The van der Waals surface area contributed by atoms with Crippen LogP contribution in [0, 0.1) is 0 Å². The van der Waals surface area contributed by atoms with Gasteiger partial charge in [0.15, 0.2) is 11.2 Å². The van der Waals surface area contributed by atoms with Crippen LogP contribution in [0.2, 0.25) is 0 Å². The summed E-state index contributed by atoms with van der Waals surface area (Å²) in [5.41, 5.74) is 3.46. The topological polar surface area (TPSA) is 106 Å². The van der Waals surface area contributed by atoms with Gasteiger partial charge in [-0.25, -0.2) is 14.8 Å². The number of esters is 1. The number of nitrogens with zero attached hydrogens (tertiary/aromatic N) is 2. The fourth-order valence-corrected chi connectivity index (χ4v) is 3.72. The molecule has 0 radical (unpaired) electrons. The third kappa shape index (κ3) is 4.56. The van der Waals surface area contributed by atoms with E-state index in [1.165, 1.54) is 11.3 Å². The monoisotopic (exact) mass is 436 g/mol. The number of hydrogen-bond donors (Lipinski definition) is 2. The van der Waals surface area contributed by atoms with Gasteiger partial charge < -0.3 is 14.5 Å². The SMILES string of the molecule is CCC(OC(=O)c1ccc2nc[nH]c2c1)C(=O)Nc1nc(-c2ccc(OC)cc2)cs1. The third-order valence-corrected chi connectivity index (χ3v) is 5.45. The zero-order valence-corrected chi connectivity index (χ0v) is 17.7. The molecule has 0 bridgehead atoms. The van der Waals surface area contributed by atoms with Crippen LogP contribution in [0.5, 0.6) is 5.75 Å². The Hall–Kier alpha value is -3.72. The lowest BCUT2D eigenvalue weighted by Crippen LogP contribution is -2.32. The summed E-state index contributed by atoms with van der Waals surface area (Å²) in [5.74, 6) is -0.238. The number of methoxy groups -OCH3 is 1. The average molecular weight is 436 g/mol. The number of carbonyl (C=O) groups is 2. The van der Waals surface area contributed by atoms with Crippen LogP contribution in [0.1, 0.15) is 23.7 Å². The Morgan fingerprint density at radius 1 is 1.19 bits per heavy atom. The Morgan fingerprint density at radius 2 is 2.00 bits per heavy atom. The van der Waals surface area contributed by atoms with Crippen LogP contribution in [-0.4, -0.2) is 40.0 Å². The van der Waals surface area contributed by atoms with Crippen molar-refractivity contribution < 1.29 is 19.1 Å². The van der Waals surface area contributed by atoms with Crippen LogP contribution in [0.4, 0.5) is 5.13 Å². The molecule has 0 fully saturated rings. The first-order chi connectivity index (χ1) is 15.1. The Bertz CT molecular complexity index is 1220. The number of amides is 1. The van der Waals surface area contributed by atoms with Crippen molar-refractivity contribution in [2.75, 3.05) is 12.4 Å². The summed E-state index contributed by atoms with van der Waals surface area (Å²) < 4.78 is 10.6. The number of hydrogen-bond acceptors (Lipinski definition) is 7. The van der Waals surface area contributed by atoms with E-state index < -0.39 is 18.0 Å². The Labute approximate surface area is 182 Å². The molecule has 4 rings (SSSR count). The number of rotatable bonds is 7. The van der Waals surface area contributed by atoms with Gasteiger partial charge in [-0.15, -0.1) is 11.3 Å². The first-order valence-electron chi connectivity index (χ1n) is 9.62. The molecule has 2 heterocycles. The highest BCUT2D eigenvalue weighted by Crippen LogP contribution is 2.26. The summed E-state index contributed by atoms with van der Waals surface area (Å²) in [5, 5.41) is 5.02. The number of imidazole rings is 1. The van der Waals surface area contributed by atoms with Gasteiger partial charge in [0, 0.05) is 10.9 Å². The van der Waals surface area contributed by atoms with Crippen LogP contribution < -0.4 is 10.1 Å². The largest absolute Gasteiger partial charge is 0.497 e. The molecular formula is C22H20N4O4S. The van der Waals surface area contributed by atoms with Gasteiger partial charge in [0.1, 0.15) is 5.75 Å². The van der Waals surface area contributed by atoms with Gasteiger partial charge in [0.2, 0.25) is 0 Å². The molecule has 2 aromatic carbocycles. The van der Waals surface area contributed by atoms with Crippen molar-refractivity contribution in [3.8, 4) is 17.0 Å². The first-order valence-corrected chi connectivity index (χ1v) is 10.5. The summed E-state index contributed by atoms with van der Waals surface area (Å²) in [7, 11) is 1.61. The molecule has 0 spiro atoms. The van der Waals surface area contributed by atoms with Gasteiger partial charge in [-0.1, -0.05) is 6.92 Å². The second-order valence-corrected chi connectivity index (χ2v) is 7.55. The lowest BCUT2D eigenvalue weighted by molar-refractivity contribution is -0.124. The summed E-state index contributed by atoms with van der Waals surface area (Å²) in [4.78, 5) is 36.7. The molecule has 1 amide bonds. The zero-order valence-electron chi connectivity index (χ0n) is 16.9. The van der Waals surface area contributed by atoms with Crippen molar-refractivity contribution in [1.29, 1.82) is 0 Å². The average Bonchev–Trinajstić information content (AvgIpc) is 3.46. The minimum Gasteiger partial charge on any atom is -0.497 e. The van der Waals surface area contributed by atoms with Crippen LogP contribution in [0.15, 0.2) is 54.2 Å². The van der Waals surface area contributed by atoms with Crippen molar-refractivity contribution in [2.45, 2.75) is 19.4 Å². The van der Waals surface area contributed by atoms with E-state index in [1.54, 1.807) is 38.6 Å². The molecule has 4 aromatic rings. The van der Waals surface area contributed by atoms with Crippen molar-refractivity contribution in [1.82, 2.24) is 15.0 Å². The molecule has 0 saturated carbocycles. The summed E-state index contributed by atoms with van der Waals surface area (Å²) in [6, 6.07) is 12.5. The van der Waals surface area contributed by atoms with E-state index in [0.29, 0.717) is 17.1 Å². The van der Waals surface area contributed by atoms with Gasteiger partial charge in [0.05, 0.1) is 35.7 Å². The standard InChI is InChI=1S/C22H20N4O4S/c1-3-19(30-21(28)14-6-9-16-17(10-14)24-12-23-16)20(27)26-22-25-18(11-31-22)13-4-7-15(29-2)8-5-13/h4-12,19H,3H2,1-2H3,(H,23,24)(H,25,26,27). The maximum absolute atomic E-state index is 12.7. The molecule has 2 N–H and O–H groups in total. The predicted molar refractivity (Wildman–Crippen MR) is 118 cm³/mol. The Balaban J connectivity index is 1.41. The van der Waals surface area contributed by atoms with Crippen molar-refractivity contribution in [3.63, 3.8) is 0 Å². The van der Waals surface area contributed by atoms with E-state index in [-0.39, 0.29) is 0 Å². The van der Waals surface area contributed by atoms with Crippen molar-refractivity contribution in [2.24, 2.45) is 0 Å². The Morgan fingerprint density at radius 3 is 2.74 bits per heavy atom. The predicted octanol–water partition coefficient (Wildman–Crippen LogP) is 4.27. The van der Waals surface area contributed by atoms with Crippen LogP contribution in [0.25, 0.3) is 22.3 Å². The van der Waals surface area contributed by atoms with Gasteiger partial charge in [0.25, 0.3) is 5.91 Å². The summed E-state index contributed by atoms with van der Waals surface area (Å²) in [6.07, 6.45) is 0.954. The maximum atomic E-state index is 12.7. The van der Waals surface area contributed by atoms with Gasteiger partial charge in [-0.05, 0) is 48.9 Å².